The number of nitrogens with one attached hydrogen (secondary N) is 3. The molecule has 3 aliphatic rings. The van der Waals surface area contributed by atoms with Crippen LogP contribution in [0.15, 0.2) is 59.4 Å². The second-order valence-corrected chi connectivity index (χ2v) is 8.22. The number of carbonyl (C=O) groups excluding carboxylic acids is 1. The van der Waals surface area contributed by atoms with Gasteiger partial charge in [-0.2, -0.15) is 5.26 Å². The van der Waals surface area contributed by atoms with E-state index in [1.165, 1.54) is 6.07 Å². The Morgan fingerprint density at radius 3 is 2.85 bits per heavy atom. The molecule has 34 heavy (non-hydrogen) atoms. The number of urea groups is 1. The van der Waals surface area contributed by atoms with Gasteiger partial charge in [-0.05, 0) is 31.2 Å². The van der Waals surface area contributed by atoms with Crippen molar-refractivity contribution in [2.75, 3.05) is 18.9 Å². The first-order chi connectivity index (χ1) is 16.4. The average Bonchev–Trinajstić information content (AvgIpc) is 2.85. The van der Waals surface area contributed by atoms with E-state index in [0.717, 1.165) is 6.07 Å². The molecule has 1 aliphatic carbocycles. The fourth-order valence-electron chi connectivity index (χ4n) is 4.44. The van der Waals surface area contributed by atoms with Gasteiger partial charge in [-0.25, -0.2) is 14.2 Å². The summed E-state index contributed by atoms with van der Waals surface area (Å²) in [6, 6.07) is 3.63. The zero-order chi connectivity index (χ0) is 24.2. The van der Waals surface area contributed by atoms with Crippen LogP contribution in [0.25, 0.3) is 5.57 Å². The number of carbonyl (C=O) groups is 1. The van der Waals surface area contributed by atoms with Crippen LogP contribution in [0.1, 0.15) is 24.5 Å². The van der Waals surface area contributed by atoms with Crippen molar-refractivity contribution in [1.29, 1.82) is 5.26 Å². The molecule has 0 aromatic heterocycles. The number of nitriles is 1. The summed E-state index contributed by atoms with van der Waals surface area (Å²) < 4.78 is 14.8. The molecular weight excluding hydrogens is 435 g/mol. The first-order valence-electron chi connectivity index (χ1n) is 11.2. The normalized spacial score (nSPS) is 25.6. The molecule has 2 amide bonds. The van der Waals surface area contributed by atoms with Gasteiger partial charge in [-0.15, -0.1) is 0 Å². The number of aliphatic hydroxyl groups excluding tert-OH is 1. The number of aliphatic hydroxyl groups is 1. The summed E-state index contributed by atoms with van der Waals surface area (Å²) in [4.78, 5) is 18.8. The van der Waals surface area contributed by atoms with Crippen molar-refractivity contribution >= 4 is 23.5 Å². The molecule has 4 unspecified atom stereocenters. The summed E-state index contributed by atoms with van der Waals surface area (Å²) in [6.07, 6.45) is 12.7. The summed E-state index contributed by atoms with van der Waals surface area (Å²) in [5, 5.41) is 29.2. The first-order valence-corrected chi connectivity index (χ1v) is 11.2. The van der Waals surface area contributed by atoms with Gasteiger partial charge in [0.2, 0.25) is 0 Å². The highest BCUT2D eigenvalue weighted by Gasteiger charge is 2.37. The van der Waals surface area contributed by atoms with E-state index in [0.29, 0.717) is 29.9 Å². The van der Waals surface area contributed by atoms with Crippen molar-refractivity contribution in [1.82, 2.24) is 15.5 Å². The van der Waals surface area contributed by atoms with Crippen LogP contribution in [0.2, 0.25) is 0 Å². The number of likely N-dealkylation sites (N-methyl/N-ethyl adjacent to an activating group) is 1. The molecule has 4 N–H and O–H groups in total. The highest BCUT2D eigenvalue weighted by molar-refractivity contribution is 5.91. The average molecular weight is 463 g/mol. The van der Waals surface area contributed by atoms with Crippen LogP contribution in [-0.2, 0) is 0 Å². The molecule has 2 heterocycles. The van der Waals surface area contributed by atoms with Crippen molar-refractivity contribution < 1.29 is 14.3 Å². The van der Waals surface area contributed by atoms with Gasteiger partial charge in [0.25, 0.3) is 0 Å². The monoisotopic (exact) mass is 462 g/mol. The fraction of sp³-hybridized carbons (Fsp3) is 0.320. The van der Waals surface area contributed by atoms with Crippen LogP contribution in [0.4, 0.5) is 14.9 Å². The van der Waals surface area contributed by atoms with E-state index >= 15 is 0 Å². The molecule has 0 radical (unpaired) electrons. The van der Waals surface area contributed by atoms with Crippen molar-refractivity contribution in [2.45, 2.75) is 31.7 Å². The highest BCUT2D eigenvalue weighted by Crippen LogP contribution is 2.36. The molecular formula is C25H27FN6O2. The number of fused-ring (bicyclic) bond motifs is 1. The van der Waals surface area contributed by atoms with E-state index in [2.05, 4.69) is 20.9 Å². The third kappa shape index (κ3) is 4.64. The number of allylic oxidation sites excluding steroid dienone is 2. The Morgan fingerprint density at radius 2 is 2.18 bits per heavy atom. The standard InChI is InChI=1S/C25H27FN6O2/c1-3-32-22-12-23(28-2)29-14-16(22)9-19(24(32)33)18-11-21(20(26)10-15(18)13-27)31-25(34)30-17-7-5-4-6-8-17/h4-7,9-12,14,16-17,22,24,28,33H,3,8H2,1-2H3,(H2,30,31,34). The van der Waals surface area contributed by atoms with Gasteiger partial charge in [0, 0.05) is 36.4 Å². The predicted molar refractivity (Wildman–Crippen MR) is 129 cm³/mol. The Labute approximate surface area is 197 Å². The van der Waals surface area contributed by atoms with Crippen LogP contribution in [0.5, 0.6) is 0 Å². The maximum Gasteiger partial charge on any atom is 0.319 e. The number of rotatable bonds is 5. The van der Waals surface area contributed by atoms with Gasteiger partial charge in [-0.3, -0.25) is 4.90 Å². The number of halogens is 1. The molecule has 2 aliphatic heterocycles. The summed E-state index contributed by atoms with van der Waals surface area (Å²) in [5.74, 6) is -0.159. The van der Waals surface area contributed by atoms with Gasteiger partial charge in [0.05, 0.1) is 23.4 Å². The minimum absolute atomic E-state index is 0.0721. The van der Waals surface area contributed by atoms with E-state index in [-0.39, 0.29) is 29.3 Å². The van der Waals surface area contributed by atoms with Gasteiger partial charge in [-0.1, -0.05) is 37.3 Å². The molecule has 0 spiro atoms. The summed E-state index contributed by atoms with van der Waals surface area (Å²) in [7, 11) is 1.78. The van der Waals surface area contributed by atoms with Crippen molar-refractivity contribution in [3.05, 3.63) is 71.4 Å². The summed E-state index contributed by atoms with van der Waals surface area (Å²) in [5.41, 5.74) is 0.828. The number of nitrogens with zero attached hydrogens (tertiary/aromatic N) is 3. The number of amides is 2. The molecule has 176 valence electrons. The van der Waals surface area contributed by atoms with E-state index in [4.69, 9.17) is 0 Å². The number of benzene rings is 1. The number of hydrogen-bond donors (Lipinski definition) is 4. The van der Waals surface area contributed by atoms with E-state index in [1.54, 1.807) is 13.3 Å². The summed E-state index contributed by atoms with van der Waals surface area (Å²) >= 11 is 0. The number of anilines is 1. The van der Waals surface area contributed by atoms with Gasteiger partial charge < -0.3 is 21.1 Å². The molecule has 0 fully saturated rings. The lowest BCUT2D eigenvalue weighted by Crippen LogP contribution is -2.50. The van der Waals surface area contributed by atoms with Crippen LogP contribution < -0.4 is 16.0 Å². The maximum absolute atomic E-state index is 14.8. The molecule has 9 heteroatoms. The first kappa shape index (κ1) is 23.4. The molecule has 0 bridgehead atoms. The van der Waals surface area contributed by atoms with Crippen LogP contribution in [0.3, 0.4) is 0 Å². The second kappa shape index (κ2) is 10.0. The van der Waals surface area contributed by atoms with Crippen molar-refractivity contribution in [3.63, 3.8) is 0 Å². The second-order valence-electron chi connectivity index (χ2n) is 8.22. The Morgan fingerprint density at radius 1 is 1.35 bits per heavy atom. The summed E-state index contributed by atoms with van der Waals surface area (Å²) in [6.45, 7) is 2.48. The van der Waals surface area contributed by atoms with E-state index in [1.807, 2.05) is 54.3 Å². The zero-order valence-corrected chi connectivity index (χ0v) is 19.0. The van der Waals surface area contributed by atoms with Crippen LogP contribution in [-0.4, -0.2) is 54.2 Å². The quantitative estimate of drug-likeness (QED) is 0.538. The Balaban J connectivity index is 1.66. The van der Waals surface area contributed by atoms with Crippen molar-refractivity contribution in [2.24, 2.45) is 10.9 Å². The van der Waals surface area contributed by atoms with Gasteiger partial charge in [0.15, 0.2) is 0 Å². The third-order valence-electron chi connectivity index (χ3n) is 6.16. The van der Waals surface area contributed by atoms with Crippen LogP contribution in [0, 0.1) is 23.1 Å². The lowest BCUT2D eigenvalue weighted by molar-refractivity contribution is 0.0213. The number of hydrogen-bond acceptors (Lipinski definition) is 6. The smallest absolute Gasteiger partial charge is 0.319 e. The molecule has 0 saturated heterocycles. The third-order valence-corrected chi connectivity index (χ3v) is 6.16. The SMILES string of the molecule is CCN1C(O)C(c2cc(NC(=O)NC3C=CC=CC3)c(F)cc2C#N)=CC2C=NC(NC)=CC21. The number of aliphatic imine (C=N–C) groups is 1. The highest BCUT2D eigenvalue weighted by atomic mass is 19.1. The maximum atomic E-state index is 14.8. The Hall–Kier alpha value is -3.74. The Kier molecular flexibility index (Phi) is 6.91. The largest absolute Gasteiger partial charge is 0.374 e. The fourth-order valence-corrected chi connectivity index (χ4v) is 4.44. The van der Waals surface area contributed by atoms with E-state index < -0.39 is 18.1 Å². The topological polar surface area (TPSA) is 113 Å². The lowest BCUT2D eigenvalue weighted by Gasteiger charge is -2.42. The minimum Gasteiger partial charge on any atom is -0.374 e. The minimum atomic E-state index is -1.02. The molecule has 1 aromatic carbocycles. The lowest BCUT2D eigenvalue weighted by atomic mass is 9.85. The molecule has 1 aromatic rings. The van der Waals surface area contributed by atoms with Crippen LogP contribution >= 0.6 is 0 Å². The molecule has 8 nitrogen and oxygen atoms in total. The molecule has 4 rings (SSSR count). The van der Waals surface area contributed by atoms with Gasteiger partial charge in [0.1, 0.15) is 17.9 Å². The van der Waals surface area contributed by atoms with E-state index in [9.17, 15) is 19.6 Å². The molecule has 0 saturated carbocycles. The van der Waals surface area contributed by atoms with Crippen molar-refractivity contribution in [3.8, 4) is 6.07 Å². The van der Waals surface area contributed by atoms with Gasteiger partial charge >= 0.3 is 6.03 Å². The predicted octanol–water partition coefficient (Wildman–Crippen LogP) is 2.87. The zero-order valence-electron chi connectivity index (χ0n) is 19.0. The molecule has 4 atom stereocenters. The Bertz CT molecular complexity index is 1160.